The van der Waals surface area contributed by atoms with E-state index in [1.165, 1.54) is 22.7 Å². The second-order valence-electron chi connectivity index (χ2n) is 7.29. The van der Waals surface area contributed by atoms with Crippen molar-refractivity contribution in [3.63, 3.8) is 0 Å². The highest BCUT2D eigenvalue weighted by Crippen LogP contribution is 2.33. The molecular formula is C20H23N7O3S. The van der Waals surface area contributed by atoms with Gasteiger partial charge in [-0.25, -0.2) is 0 Å². The summed E-state index contributed by atoms with van der Waals surface area (Å²) in [5.74, 6) is 0.204. The van der Waals surface area contributed by atoms with Gasteiger partial charge in [0.1, 0.15) is 6.04 Å². The molecule has 0 radical (unpaired) electrons. The number of aromatic nitrogens is 4. The largest absolute Gasteiger partial charge is 0.345 e. The molecule has 0 aliphatic carbocycles. The zero-order valence-electron chi connectivity index (χ0n) is 17.2. The molecule has 1 aliphatic rings. The van der Waals surface area contributed by atoms with Gasteiger partial charge in [0.05, 0.1) is 0 Å². The van der Waals surface area contributed by atoms with Crippen LogP contribution in [0.1, 0.15) is 33.6 Å². The van der Waals surface area contributed by atoms with Gasteiger partial charge in [-0.1, -0.05) is 30.3 Å². The Bertz CT molecular complexity index is 1160. The number of nitrogens with zero attached hydrogens (tertiary/aromatic N) is 6. The summed E-state index contributed by atoms with van der Waals surface area (Å²) in [4.78, 5) is 16.8. The molecule has 1 aromatic carbocycles. The average molecular weight is 442 g/mol. The Morgan fingerprint density at radius 2 is 1.81 bits per heavy atom. The summed E-state index contributed by atoms with van der Waals surface area (Å²) in [5.41, 5.74) is 1.66. The van der Waals surface area contributed by atoms with E-state index in [2.05, 4.69) is 20.5 Å². The number of rotatable bonds is 6. The van der Waals surface area contributed by atoms with Crippen molar-refractivity contribution in [1.29, 1.82) is 0 Å². The lowest BCUT2D eigenvalue weighted by atomic mass is 10.0. The summed E-state index contributed by atoms with van der Waals surface area (Å²) in [6.07, 6.45) is 3.31. The van der Waals surface area contributed by atoms with Crippen LogP contribution in [0.5, 0.6) is 0 Å². The number of pyridine rings is 1. The lowest BCUT2D eigenvalue weighted by Gasteiger charge is -2.36. The molecule has 3 aromatic rings. The van der Waals surface area contributed by atoms with Gasteiger partial charge < -0.3 is 9.88 Å². The first-order valence-corrected chi connectivity index (χ1v) is 11.1. The Labute approximate surface area is 180 Å². The summed E-state index contributed by atoms with van der Waals surface area (Å²) in [6.45, 7) is 0.791. The Morgan fingerprint density at radius 1 is 1.10 bits per heavy atom. The molecule has 2 aromatic heterocycles. The minimum absolute atomic E-state index is 0.159. The minimum atomic E-state index is -3.72. The van der Waals surface area contributed by atoms with Crippen molar-refractivity contribution in [2.45, 2.75) is 19.1 Å². The van der Waals surface area contributed by atoms with E-state index in [4.69, 9.17) is 0 Å². The van der Waals surface area contributed by atoms with Crippen LogP contribution in [0.25, 0.3) is 0 Å². The normalized spacial score (nSPS) is 16.8. The molecule has 3 heterocycles. The van der Waals surface area contributed by atoms with Crippen LogP contribution in [-0.2, 0) is 23.3 Å². The van der Waals surface area contributed by atoms with Crippen molar-refractivity contribution in [2.24, 2.45) is 0 Å². The van der Waals surface area contributed by atoms with Crippen LogP contribution in [0.15, 0.2) is 54.9 Å². The molecule has 162 valence electrons. The van der Waals surface area contributed by atoms with Crippen LogP contribution >= 0.6 is 0 Å². The SMILES string of the molecule is CN(C)S(=O)(=O)N1CCn2c(C(=O)NCc3ccncc3)nnc2[C@@H]1c1ccccc1. The molecule has 1 N–H and O–H groups in total. The number of carbonyl (C=O) groups excluding carboxylic acids is 1. The van der Waals surface area contributed by atoms with E-state index < -0.39 is 16.3 Å². The fraction of sp³-hybridized carbons (Fsp3) is 0.300. The van der Waals surface area contributed by atoms with Gasteiger partial charge in [0.25, 0.3) is 16.1 Å². The Morgan fingerprint density at radius 3 is 2.48 bits per heavy atom. The Kier molecular flexibility index (Phi) is 5.81. The quantitative estimate of drug-likeness (QED) is 0.606. The van der Waals surface area contributed by atoms with Gasteiger partial charge in [-0.2, -0.15) is 17.0 Å². The highest BCUT2D eigenvalue weighted by molar-refractivity contribution is 7.86. The summed E-state index contributed by atoms with van der Waals surface area (Å²) < 4.78 is 30.2. The summed E-state index contributed by atoms with van der Waals surface area (Å²) >= 11 is 0. The Balaban J connectivity index is 1.67. The topological polar surface area (TPSA) is 113 Å². The molecule has 31 heavy (non-hydrogen) atoms. The van der Waals surface area contributed by atoms with Crippen molar-refractivity contribution in [3.8, 4) is 0 Å². The monoisotopic (exact) mass is 441 g/mol. The van der Waals surface area contributed by atoms with Gasteiger partial charge >= 0.3 is 0 Å². The lowest BCUT2D eigenvalue weighted by Crippen LogP contribution is -2.48. The molecule has 0 unspecified atom stereocenters. The summed E-state index contributed by atoms with van der Waals surface area (Å²) in [6, 6.07) is 12.2. The third kappa shape index (κ3) is 4.07. The molecule has 0 saturated heterocycles. The van der Waals surface area contributed by atoms with Crippen LogP contribution in [0.3, 0.4) is 0 Å². The van der Waals surface area contributed by atoms with Gasteiger partial charge in [-0.05, 0) is 23.3 Å². The number of hydrogen-bond donors (Lipinski definition) is 1. The highest BCUT2D eigenvalue weighted by Gasteiger charge is 2.41. The van der Waals surface area contributed by atoms with Crippen molar-refractivity contribution in [1.82, 2.24) is 33.7 Å². The molecule has 4 rings (SSSR count). The number of amides is 1. The maximum atomic E-state index is 13.0. The molecule has 1 amide bonds. The van der Waals surface area contributed by atoms with Crippen LogP contribution in [0.2, 0.25) is 0 Å². The van der Waals surface area contributed by atoms with E-state index in [1.54, 1.807) is 17.0 Å². The van der Waals surface area contributed by atoms with Crippen LogP contribution in [-0.4, -0.2) is 63.3 Å². The lowest BCUT2D eigenvalue weighted by molar-refractivity contribution is 0.0933. The number of nitrogens with one attached hydrogen (secondary N) is 1. The second-order valence-corrected chi connectivity index (χ2v) is 9.38. The molecule has 0 spiro atoms. The third-order valence-corrected chi connectivity index (χ3v) is 7.04. The van der Waals surface area contributed by atoms with Crippen LogP contribution < -0.4 is 5.32 Å². The maximum absolute atomic E-state index is 13.0. The minimum Gasteiger partial charge on any atom is -0.345 e. The van der Waals surface area contributed by atoms with E-state index in [1.807, 2.05) is 42.5 Å². The van der Waals surface area contributed by atoms with Crippen LogP contribution in [0.4, 0.5) is 0 Å². The van der Waals surface area contributed by atoms with Gasteiger partial charge in [-0.3, -0.25) is 9.78 Å². The van der Waals surface area contributed by atoms with E-state index in [9.17, 15) is 13.2 Å². The number of carbonyl (C=O) groups is 1. The molecule has 0 fully saturated rings. The first-order valence-electron chi connectivity index (χ1n) is 9.74. The summed E-state index contributed by atoms with van der Waals surface area (Å²) in [7, 11) is -0.729. The zero-order valence-corrected chi connectivity index (χ0v) is 18.0. The van der Waals surface area contributed by atoms with Gasteiger partial charge in [-0.15, -0.1) is 10.2 Å². The fourth-order valence-corrected chi connectivity index (χ4v) is 4.75. The molecular weight excluding hydrogens is 418 g/mol. The zero-order chi connectivity index (χ0) is 22.0. The second kappa shape index (κ2) is 8.53. The van der Waals surface area contributed by atoms with Gasteiger partial charge in [0.2, 0.25) is 5.82 Å². The first-order chi connectivity index (χ1) is 14.9. The third-order valence-electron chi connectivity index (χ3n) is 5.13. The summed E-state index contributed by atoms with van der Waals surface area (Å²) in [5, 5.41) is 11.2. The first kappa shape index (κ1) is 21.1. The van der Waals surface area contributed by atoms with Crippen molar-refractivity contribution in [2.75, 3.05) is 20.6 Å². The van der Waals surface area contributed by atoms with Gasteiger partial charge in [0, 0.05) is 46.1 Å². The molecule has 0 saturated carbocycles. The molecule has 0 bridgehead atoms. The number of fused-ring (bicyclic) bond motifs is 1. The van der Waals surface area contributed by atoms with E-state index in [0.717, 1.165) is 11.1 Å². The fourth-order valence-electron chi connectivity index (χ4n) is 3.53. The van der Waals surface area contributed by atoms with Crippen molar-refractivity contribution >= 4 is 16.1 Å². The van der Waals surface area contributed by atoms with Gasteiger partial charge in [0.15, 0.2) is 5.82 Å². The molecule has 1 aliphatic heterocycles. The smallest absolute Gasteiger partial charge is 0.289 e. The van der Waals surface area contributed by atoms with Crippen molar-refractivity contribution < 1.29 is 13.2 Å². The standard InChI is InChI=1S/C20H23N7O3S/c1-25(2)31(29,30)27-13-12-26-18(17(27)16-6-4-3-5-7-16)23-24-19(26)20(28)22-14-15-8-10-21-11-9-15/h3-11,17H,12-14H2,1-2H3,(H,22,28)/t17-/m0/s1. The molecule has 11 heteroatoms. The van der Waals surface area contributed by atoms with E-state index in [0.29, 0.717) is 12.4 Å². The predicted octanol–water partition coefficient (Wildman–Crippen LogP) is 0.815. The van der Waals surface area contributed by atoms with E-state index >= 15 is 0 Å². The van der Waals surface area contributed by atoms with E-state index in [-0.39, 0.29) is 24.8 Å². The number of benzene rings is 1. The van der Waals surface area contributed by atoms with Crippen molar-refractivity contribution in [3.05, 3.63) is 77.6 Å². The predicted molar refractivity (Wildman–Crippen MR) is 113 cm³/mol. The average Bonchev–Trinajstić information content (AvgIpc) is 3.22. The Hall–Kier alpha value is -3.15. The maximum Gasteiger partial charge on any atom is 0.289 e. The number of hydrogen-bond acceptors (Lipinski definition) is 6. The molecule has 10 nitrogen and oxygen atoms in total. The molecule has 1 atom stereocenters. The van der Waals surface area contributed by atoms with Crippen LogP contribution in [0, 0.1) is 0 Å². The highest BCUT2D eigenvalue weighted by atomic mass is 32.2.